The predicted octanol–water partition coefficient (Wildman–Crippen LogP) is 2.60. The molecule has 0 aliphatic heterocycles. The molecule has 31 heavy (non-hydrogen) atoms. The highest BCUT2D eigenvalue weighted by Crippen LogP contribution is 2.63. The quantitative estimate of drug-likeness (QED) is 0.493. The number of hydrazone groups is 1. The molecule has 2 N–H and O–H groups in total. The molecule has 3 aliphatic carbocycles. The van der Waals surface area contributed by atoms with Gasteiger partial charge < -0.3 is 4.74 Å². The van der Waals surface area contributed by atoms with Gasteiger partial charge in [-0.3, -0.25) is 4.79 Å². The highest BCUT2D eigenvalue weighted by Gasteiger charge is 2.60. The summed E-state index contributed by atoms with van der Waals surface area (Å²) in [5, 5.41) is 4.34. The lowest BCUT2D eigenvalue weighted by molar-refractivity contribution is -0.124. The topological polar surface area (TPSA) is 114 Å². The Kier molecular flexibility index (Phi) is 5.46. The third-order valence-corrected chi connectivity index (χ3v) is 8.96. The highest BCUT2D eigenvalue weighted by molar-refractivity contribution is 7.89. The van der Waals surface area contributed by atoms with E-state index in [1.54, 1.807) is 0 Å². The van der Waals surface area contributed by atoms with Crippen LogP contribution in [0.2, 0.25) is 0 Å². The van der Waals surface area contributed by atoms with Crippen molar-refractivity contribution >= 4 is 27.6 Å². The van der Waals surface area contributed by atoms with Gasteiger partial charge in [0.05, 0.1) is 10.5 Å². The Balaban J connectivity index is 1.33. The van der Waals surface area contributed by atoms with Gasteiger partial charge in [0.2, 0.25) is 10.0 Å². The summed E-state index contributed by atoms with van der Waals surface area (Å²) in [4.78, 5) is 24.5. The predicted molar refractivity (Wildman–Crippen MR) is 115 cm³/mol. The van der Waals surface area contributed by atoms with Crippen LogP contribution in [0.4, 0.5) is 0 Å². The van der Waals surface area contributed by atoms with Gasteiger partial charge in [-0.25, -0.2) is 23.4 Å². The molecule has 3 aliphatic rings. The number of hydrogen-bond donors (Lipinski definition) is 2. The van der Waals surface area contributed by atoms with Crippen molar-refractivity contribution in [1.29, 1.82) is 0 Å². The number of fused-ring (bicyclic) bond motifs is 2. The summed E-state index contributed by atoms with van der Waals surface area (Å²) in [6, 6.07) is 5.57. The number of carbonyl (C=O) groups is 2. The first-order chi connectivity index (χ1) is 14.5. The van der Waals surface area contributed by atoms with Gasteiger partial charge in [-0.2, -0.15) is 5.10 Å². The van der Waals surface area contributed by atoms with Crippen LogP contribution in [-0.4, -0.2) is 38.7 Å². The molecule has 0 radical (unpaired) electrons. The Labute approximate surface area is 182 Å². The first-order valence-corrected chi connectivity index (χ1v) is 12.2. The van der Waals surface area contributed by atoms with Crippen molar-refractivity contribution in [3.8, 4) is 0 Å². The van der Waals surface area contributed by atoms with E-state index in [0.29, 0.717) is 5.92 Å². The van der Waals surface area contributed by atoms with Gasteiger partial charge in [0.1, 0.15) is 0 Å². The highest BCUT2D eigenvalue weighted by atomic mass is 32.2. The van der Waals surface area contributed by atoms with Gasteiger partial charge in [0.25, 0.3) is 5.91 Å². The van der Waals surface area contributed by atoms with Gasteiger partial charge in [-0.15, -0.1) is 0 Å². The Morgan fingerprint density at radius 1 is 1.19 bits per heavy atom. The first kappa shape index (κ1) is 22.0. The van der Waals surface area contributed by atoms with E-state index in [-0.39, 0.29) is 27.3 Å². The second kappa shape index (κ2) is 7.70. The van der Waals surface area contributed by atoms with Gasteiger partial charge in [-0.1, -0.05) is 26.8 Å². The maximum Gasteiger partial charge on any atom is 0.338 e. The monoisotopic (exact) mass is 447 g/mol. The molecular formula is C22H29N3O5S. The molecular weight excluding hydrogens is 418 g/mol. The third kappa shape index (κ3) is 4.13. The van der Waals surface area contributed by atoms with E-state index in [9.17, 15) is 18.0 Å². The van der Waals surface area contributed by atoms with Crippen LogP contribution in [-0.2, 0) is 19.6 Å². The van der Waals surface area contributed by atoms with Gasteiger partial charge in [-0.05, 0) is 61.6 Å². The zero-order chi connectivity index (χ0) is 22.4. The molecule has 168 valence electrons. The number of esters is 1. The summed E-state index contributed by atoms with van der Waals surface area (Å²) >= 11 is 0. The van der Waals surface area contributed by atoms with Crippen molar-refractivity contribution in [2.24, 2.45) is 21.8 Å². The first-order valence-electron chi connectivity index (χ1n) is 10.7. The van der Waals surface area contributed by atoms with E-state index < -0.39 is 28.5 Å². The van der Waals surface area contributed by atoms with Crippen LogP contribution in [0.5, 0.6) is 0 Å². The van der Waals surface area contributed by atoms with Crippen LogP contribution in [0.25, 0.3) is 0 Å². The maximum absolute atomic E-state index is 12.3. The van der Waals surface area contributed by atoms with Crippen LogP contribution < -0.4 is 10.1 Å². The minimum absolute atomic E-state index is 0.00292. The maximum atomic E-state index is 12.3. The van der Waals surface area contributed by atoms with Gasteiger partial charge in [0, 0.05) is 17.2 Å². The number of nitrogens with zero attached hydrogens (tertiary/aromatic N) is 1. The Morgan fingerprint density at radius 2 is 1.94 bits per heavy atom. The minimum Gasteiger partial charge on any atom is -0.452 e. The number of hydrogen-bond acceptors (Lipinski definition) is 6. The number of ether oxygens (including phenoxy) is 1. The number of sulfonamides is 1. The average Bonchev–Trinajstić information content (AvgIpc) is 3.47. The summed E-state index contributed by atoms with van der Waals surface area (Å²) < 4.78 is 32.3. The van der Waals surface area contributed by atoms with Crippen molar-refractivity contribution in [2.45, 2.75) is 63.8 Å². The molecule has 0 heterocycles. The summed E-state index contributed by atoms with van der Waals surface area (Å²) in [7, 11) is -3.68. The summed E-state index contributed by atoms with van der Waals surface area (Å²) in [6.45, 7) is 6.22. The number of amides is 1. The van der Waals surface area contributed by atoms with Crippen LogP contribution in [0.1, 0.15) is 63.2 Å². The van der Waals surface area contributed by atoms with Gasteiger partial charge >= 0.3 is 5.97 Å². The largest absolute Gasteiger partial charge is 0.452 e. The van der Waals surface area contributed by atoms with Crippen LogP contribution >= 0.6 is 0 Å². The van der Waals surface area contributed by atoms with Gasteiger partial charge in [0.15, 0.2) is 6.61 Å². The second-order valence-electron chi connectivity index (χ2n) is 9.59. The SMILES string of the molecule is CC12CCC(C/C1=N/NC(=O)COC(=O)c1cccc(S(=O)(=O)NC3CC3)c1)C2(C)C. The summed E-state index contributed by atoms with van der Waals surface area (Å²) in [5.74, 6) is -0.715. The normalized spacial score (nSPS) is 28.0. The summed E-state index contributed by atoms with van der Waals surface area (Å²) in [5.41, 5.74) is 3.70. The molecule has 1 aromatic carbocycles. The van der Waals surface area contributed by atoms with E-state index in [2.05, 4.69) is 36.0 Å². The molecule has 0 saturated heterocycles. The second-order valence-corrected chi connectivity index (χ2v) is 11.3. The molecule has 0 aromatic heterocycles. The van der Waals surface area contributed by atoms with E-state index in [4.69, 9.17) is 4.74 Å². The Morgan fingerprint density at radius 3 is 2.55 bits per heavy atom. The lowest BCUT2D eigenvalue weighted by Crippen LogP contribution is -2.35. The van der Waals surface area contributed by atoms with E-state index >= 15 is 0 Å². The average molecular weight is 448 g/mol. The molecule has 2 atom stereocenters. The van der Waals surface area contributed by atoms with Crippen molar-refractivity contribution in [1.82, 2.24) is 10.1 Å². The fourth-order valence-electron chi connectivity index (χ4n) is 4.75. The van der Waals surface area contributed by atoms with E-state index in [0.717, 1.165) is 31.4 Å². The van der Waals surface area contributed by atoms with Crippen LogP contribution in [0.3, 0.4) is 0 Å². The molecule has 0 spiro atoms. The Hall–Kier alpha value is -2.26. The van der Waals surface area contributed by atoms with Crippen molar-refractivity contribution in [3.05, 3.63) is 29.8 Å². The van der Waals surface area contributed by atoms with E-state index in [1.807, 2.05) is 0 Å². The lowest BCUT2D eigenvalue weighted by Gasteiger charge is -2.34. The molecule has 8 nitrogen and oxygen atoms in total. The van der Waals surface area contributed by atoms with Crippen molar-refractivity contribution < 1.29 is 22.7 Å². The zero-order valence-electron chi connectivity index (χ0n) is 18.1. The fourth-order valence-corrected chi connectivity index (χ4v) is 6.10. The number of carbonyl (C=O) groups excluding carboxylic acids is 2. The van der Waals surface area contributed by atoms with Crippen molar-refractivity contribution in [2.75, 3.05) is 6.61 Å². The molecule has 1 amide bonds. The molecule has 3 saturated carbocycles. The van der Waals surface area contributed by atoms with Crippen molar-refractivity contribution in [3.63, 3.8) is 0 Å². The minimum atomic E-state index is -3.68. The standard InChI is InChI=1S/C22H29N3O5S/c1-21(2)15-9-10-22(21,3)18(12-15)23-24-19(26)13-30-20(27)14-5-4-6-17(11-14)31(28,29)25-16-7-8-16/h4-6,11,15-16,25H,7-10,12-13H2,1-3H3,(H,24,26)/b23-18-. The van der Waals surface area contributed by atoms with Crippen LogP contribution in [0, 0.1) is 16.7 Å². The Bertz CT molecular complexity index is 1040. The molecule has 4 rings (SSSR count). The number of rotatable bonds is 7. The smallest absolute Gasteiger partial charge is 0.338 e. The number of nitrogens with one attached hydrogen (secondary N) is 2. The fraction of sp³-hybridized carbons (Fsp3) is 0.591. The zero-order valence-corrected chi connectivity index (χ0v) is 18.9. The molecule has 1 aromatic rings. The molecule has 2 unspecified atom stereocenters. The third-order valence-electron chi connectivity index (χ3n) is 7.44. The lowest BCUT2D eigenvalue weighted by atomic mass is 9.70. The molecule has 2 bridgehead atoms. The molecule has 9 heteroatoms. The van der Waals surface area contributed by atoms with Crippen LogP contribution in [0.15, 0.2) is 34.3 Å². The summed E-state index contributed by atoms with van der Waals surface area (Å²) in [6.07, 6.45) is 4.75. The van der Waals surface area contributed by atoms with E-state index in [1.165, 1.54) is 30.7 Å². The molecule has 3 fully saturated rings. The number of benzene rings is 1.